The van der Waals surface area contributed by atoms with Crippen molar-refractivity contribution in [3.8, 4) is 0 Å². The van der Waals surface area contributed by atoms with Crippen molar-refractivity contribution in [1.82, 2.24) is 15.8 Å². The maximum Gasteiger partial charge on any atom is 0.267 e. The van der Waals surface area contributed by atoms with E-state index in [1.807, 2.05) is 6.92 Å². The zero-order valence-electron chi connectivity index (χ0n) is 15.5. The van der Waals surface area contributed by atoms with Gasteiger partial charge >= 0.3 is 0 Å². The normalized spacial score (nSPS) is 16.1. The number of carbonyl (C=O) groups excluding carboxylic acids is 2. The SMILES string of the molecule is CC[C@@H](Nc1ncc(/C=C/C(=O)NO)cc1Cl)C(=O)NCC1CCCCC1. The third kappa shape index (κ3) is 6.84. The first-order valence-corrected chi connectivity index (χ1v) is 9.73. The molecule has 1 aliphatic carbocycles. The molecule has 27 heavy (non-hydrogen) atoms. The number of hydrogen-bond acceptors (Lipinski definition) is 5. The van der Waals surface area contributed by atoms with Gasteiger partial charge in [0.05, 0.1) is 5.02 Å². The van der Waals surface area contributed by atoms with Gasteiger partial charge in [0.1, 0.15) is 11.9 Å². The van der Waals surface area contributed by atoms with Crippen molar-refractivity contribution in [2.75, 3.05) is 11.9 Å². The smallest absolute Gasteiger partial charge is 0.267 e. The molecular formula is C19H27ClN4O3. The van der Waals surface area contributed by atoms with Crippen LogP contribution in [0.5, 0.6) is 0 Å². The van der Waals surface area contributed by atoms with Crippen LogP contribution in [-0.2, 0) is 9.59 Å². The summed E-state index contributed by atoms with van der Waals surface area (Å²) in [6.07, 6.45) is 10.9. The number of pyridine rings is 1. The summed E-state index contributed by atoms with van der Waals surface area (Å²) >= 11 is 6.24. The van der Waals surface area contributed by atoms with Crippen molar-refractivity contribution in [1.29, 1.82) is 0 Å². The van der Waals surface area contributed by atoms with Crippen LogP contribution in [0, 0.1) is 5.92 Å². The van der Waals surface area contributed by atoms with Crippen molar-refractivity contribution in [3.63, 3.8) is 0 Å². The zero-order valence-corrected chi connectivity index (χ0v) is 16.3. The average Bonchev–Trinajstić information content (AvgIpc) is 2.70. The number of nitrogens with zero attached hydrogens (tertiary/aromatic N) is 1. The van der Waals surface area contributed by atoms with Crippen molar-refractivity contribution in [2.45, 2.75) is 51.5 Å². The van der Waals surface area contributed by atoms with E-state index in [1.54, 1.807) is 6.07 Å². The summed E-state index contributed by atoms with van der Waals surface area (Å²) in [5.74, 6) is 0.294. The third-order valence-electron chi connectivity index (χ3n) is 4.73. The highest BCUT2D eigenvalue weighted by atomic mass is 35.5. The molecule has 0 unspecified atom stereocenters. The van der Waals surface area contributed by atoms with Gasteiger partial charge in [-0.25, -0.2) is 10.5 Å². The number of halogens is 1. The summed E-state index contributed by atoms with van der Waals surface area (Å²) in [5, 5.41) is 15.0. The predicted molar refractivity (Wildman–Crippen MR) is 105 cm³/mol. The van der Waals surface area contributed by atoms with Crippen LogP contribution in [0.3, 0.4) is 0 Å². The van der Waals surface area contributed by atoms with E-state index in [0.717, 1.165) is 12.6 Å². The van der Waals surface area contributed by atoms with Gasteiger partial charge in [0.2, 0.25) is 5.91 Å². The lowest BCUT2D eigenvalue weighted by molar-refractivity contribution is -0.124. The molecule has 1 aliphatic rings. The number of aromatic nitrogens is 1. The number of hydroxylamine groups is 1. The van der Waals surface area contributed by atoms with Crippen LogP contribution < -0.4 is 16.1 Å². The topological polar surface area (TPSA) is 103 Å². The molecule has 0 aromatic carbocycles. The van der Waals surface area contributed by atoms with Gasteiger partial charge < -0.3 is 10.6 Å². The second kappa shape index (κ2) is 10.9. The van der Waals surface area contributed by atoms with Crippen LogP contribution in [-0.4, -0.2) is 34.6 Å². The highest BCUT2D eigenvalue weighted by Crippen LogP contribution is 2.24. The maximum atomic E-state index is 12.5. The Bertz CT molecular complexity index is 675. The Hall–Kier alpha value is -2.12. The fourth-order valence-corrected chi connectivity index (χ4v) is 3.37. The highest BCUT2D eigenvalue weighted by molar-refractivity contribution is 6.33. The molecule has 4 N–H and O–H groups in total. The van der Waals surface area contributed by atoms with Gasteiger partial charge in [-0.3, -0.25) is 14.8 Å². The van der Waals surface area contributed by atoms with Gasteiger partial charge in [0, 0.05) is 18.8 Å². The summed E-state index contributed by atoms with van der Waals surface area (Å²) in [4.78, 5) is 27.7. The number of nitrogens with one attached hydrogen (secondary N) is 3. The number of rotatable bonds is 8. The summed E-state index contributed by atoms with van der Waals surface area (Å²) in [6.45, 7) is 2.64. The molecule has 2 rings (SSSR count). The molecule has 0 saturated heterocycles. The minimum atomic E-state index is -0.644. The molecule has 1 atom stereocenters. The van der Waals surface area contributed by atoms with E-state index >= 15 is 0 Å². The Balaban J connectivity index is 1.93. The van der Waals surface area contributed by atoms with Crippen molar-refractivity contribution in [3.05, 3.63) is 28.9 Å². The minimum absolute atomic E-state index is 0.0514. The number of carbonyl (C=O) groups is 2. The molecule has 1 saturated carbocycles. The van der Waals surface area contributed by atoms with E-state index in [2.05, 4.69) is 15.6 Å². The molecule has 0 bridgehead atoms. The maximum absolute atomic E-state index is 12.5. The molecule has 1 aromatic rings. The Morgan fingerprint density at radius 2 is 2.11 bits per heavy atom. The largest absolute Gasteiger partial charge is 0.357 e. The third-order valence-corrected chi connectivity index (χ3v) is 5.01. The van der Waals surface area contributed by atoms with Gasteiger partial charge in [-0.15, -0.1) is 0 Å². The molecule has 7 nitrogen and oxygen atoms in total. The quantitative estimate of drug-likeness (QED) is 0.308. The second-order valence-corrected chi connectivity index (χ2v) is 7.17. The van der Waals surface area contributed by atoms with Crippen LogP contribution in [0.25, 0.3) is 6.08 Å². The van der Waals surface area contributed by atoms with Crippen molar-refractivity contribution >= 4 is 35.3 Å². The molecule has 1 heterocycles. The molecule has 8 heteroatoms. The molecule has 0 radical (unpaired) electrons. The van der Waals surface area contributed by atoms with E-state index in [0.29, 0.717) is 28.7 Å². The molecule has 0 spiro atoms. The van der Waals surface area contributed by atoms with Gasteiger partial charge in [-0.05, 0) is 42.9 Å². The van der Waals surface area contributed by atoms with E-state index in [-0.39, 0.29) is 5.91 Å². The summed E-state index contributed by atoms with van der Waals surface area (Å²) < 4.78 is 0. The van der Waals surface area contributed by atoms with Crippen molar-refractivity contribution < 1.29 is 14.8 Å². The van der Waals surface area contributed by atoms with Crippen LogP contribution >= 0.6 is 11.6 Å². The fraction of sp³-hybridized carbons (Fsp3) is 0.526. The Kier molecular flexibility index (Phi) is 8.54. The van der Waals surface area contributed by atoms with E-state index in [1.165, 1.54) is 49.9 Å². The molecule has 2 amide bonds. The Labute approximate surface area is 164 Å². The predicted octanol–water partition coefficient (Wildman–Crippen LogP) is 3.14. The number of amides is 2. The van der Waals surface area contributed by atoms with E-state index in [9.17, 15) is 9.59 Å². The first-order valence-electron chi connectivity index (χ1n) is 9.35. The zero-order chi connectivity index (χ0) is 19.6. The fourth-order valence-electron chi connectivity index (χ4n) is 3.14. The van der Waals surface area contributed by atoms with Crippen LogP contribution in [0.1, 0.15) is 51.0 Å². The lowest BCUT2D eigenvalue weighted by atomic mass is 9.89. The van der Waals surface area contributed by atoms with Gasteiger partial charge in [-0.1, -0.05) is 37.8 Å². The number of anilines is 1. The van der Waals surface area contributed by atoms with Gasteiger partial charge in [-0.2, -0.15) is 0 Å². The molecule has 1 aromatic heterocycles. The standard InChI is InChI=1S/C19H27ClN4O3/c1-2-16(19(26)22-11-13-6-4-3-5-7-13)23-18-15(20)10-14(12-21-18)8-9-17(25)24-27/h8-10,12-13,16,27H,2-7,11H2,1H3,(H,21,23)(H,22,26)(H,24,25)/b9-8+/t16-/m1/s1. The highest BCUT2D eigenvalue weighted by Gasteiger charge is 2.20. The van der Waals surface area contributed by atoms with Gasteiger partial charge in [0.25, 0.3) is 5.91 Å². The molecule has 1 fully saturated rings. The minimum Gasteiger partial charge on any atom is -0.357 e. The lowest BCUT2D eigenvalue weighted by Gasteiger charge is -2.24. The summed E-state index contributed by atoms with van der Waals surface area (Å²) in [6, 6.07) is 1.21. The number of hydrogen-bond donors (Lipinski definition) is 4. The Morgan fingerprint density at radius 3 is 2.74 bits per heavy atom. The van der Waals surface area contributed by atoms with Crippen molar-refractivity contribution in [2.24, 2.45) is 5.92 Å². The van der Waals surface area contributed by atoms with E-state index in [4.69, 9.17) is 16.8 Å². The van der Waals surface area contributed by atoms with E-state index < -0.39 is 11.9 Å². The van der Waals surface area contributed by atoms with Crippen LogP contribution in [0.2, 0.25) is 5.02 Å². The Morgan fingerprint density at radius 1 is 1.37 bits per heavy atom. The van der Waals surface area contributed by atoms with Gasteiger partial charge in [0.15, 0.2) is 0 Å². The molecule has 0 aliphatic heterocycles. The monoisotopic (exact) mass is 394 g/mol. The van der Waals surface area contributed by atoms with Crippen LogP contribution in [0.4, 0.5) is 5.82 Å². The average molecular weight is 395 g/mol. The summed E-state index contributed by atoms with van der Waals surface area (Å²) in [7, 11) is 0. The second-order valence-electron chi connectivity index (χ2n) is 6.76. The summed E-state index contributed by atoms with van der Waals surface area (Å²) in [5.41, 5.74) is 2.11. The first kappa shape index (κ1) is 21.2. The first-order chi connectivity index (χ1) is 13.0. The lowest BCUT2D eigenvalue weighted by Crippen LogP contribution is -2.41. The van der Waals surface area contributed by atoms with Crippen LogP contribution in [0.15, 0.2) is 18.3 Å². The molecule has 148 valence electrons. The molecular weight excluding hydrogens is 368 g/mol.